The summed E-state index contributed by atoms with van der Waals surface area (Å²) in [7, 11) is 0. The Morgan fingerprint density at radius 3 is 2.86 bits per heavy atom. The van der Waals surface area contributed by atoms with Gasteiger partial charge in [-0.25, -0.2) is 9.97 Å². The van der Waals surface area contributed by atoms with E-state index in [1.54, 1.807) is 25.4 Å². The zero-order valence-corrected chi connectivity index (χ0v) is 12.7. The van der Waals surface area contributed by atoms with Crippen LogP contribution in [0.25, 0.3) is 21.2 Å². The van der Waals surface area contributed by atoms with Gasteiger partial charge in [-0.2, -0.15) is 0 Å². The van der Waals surface area contributed by atoms with E-state index in [0.29, 0.717) is 27.4 Å². The van der Waals surface area contributed by atoms with Gasteiger partial charge in [0.15, 0.2) is 0 Å². The Morgan fingerprint density at radius 1 is 1.45 bits per heavy atom. The summed E-state index contributed by atoms with van der Waals surface area (Å²) in [6.45, 7) is 1.29. The van der Waals surface area contributed by atoms with Gasteiger partial charge >= 0.3 is 0 Å². The van der Waals surface area contributed by atoms with Crippen molar-refractivity contribution in [3.8, 4) is 5.88 Å². The molecule has 1 fully saturated rings. The van der Waals surface area contributed by atoms with E-state index < -0.39 is 5.54 Å². The van der Waals surface area contributed by atoms with Crippen LogP contribution in [0.15, 0.2) is 23.6 Å². The number of rotatable bonds is 5. The van der Waals surface area contributed by atoms with Crippen LogP contribution in [0, 0.1) is 0 Å². The average Bonchev–Trinajstić information content (AvgIpc) is 3.31. The largest absolute Gasteiger partial charge is 0.474 e. The molecule has 0 radical (unpaired) electrons. The zero-order valence-electron chi connectivity index (χ0n) is 11.9. The van der Waals surface area contributed by atoms with Gasteiger partial charge < -0.3 is 9.84 Å². The van der Waals surface area contributed by atoms with Gasteiger partial charge in [0.1, 0.15) is 11.3 Å². The normalized spacial score (nSPS) is 16.9. The predicted molar refractivity (Wildman–Crippen MR) is 81.8 cm³/mol. The van der Waals surface area contributed by atoms with Crippen molar-refractivity contribution in [3.63, 3.8) is 0 Å². The molecular weight excluding hydrogens is 306 g/mol. The number of fused-ring (bicyclic) bond motifs is 1. The molecule has 8 heteroatoms. The summed E-state index contributed by atoms with van der Waals surface area (Å²) in [5, 5.41) is 15.1. The second-order valence-corrected chi connectivity index (χ2v) is 5.86. The van der Waals surface area contributed by atoms with Crippen LogP contribution in [-0.2, 0) is 5.54 Å². The fourth-order valence-corrected chi connectivity index (χ4v) is 2.38. The van der Waals surface area contributed by atoms with Gasteiger partial charge in [0, 0.05) is 17.3 Å². The van der Waals surface area contributed by atoms with E-state index in [4.69, 9.17) is 21.9 Å². The Hall–Kier alpha value is -2.08. The molecule has 1 saturated carbocycles. The van der Waals surface area contributed by atoms with E-state index >= 15 is 0 Å². The van der Waals surface area contributed by atoms with E-state index in [-0.39, 0.29) is 12.7 Å². The third-order valence-electron chi connectivity index (χ3n) is 3.66. The molecule has 0 aliphatic heterocycles. The molecule has 7 nitrogen and oxygen atoms in total. The Balaban J connectivity index is 2.22. The van der Waals surface area contributed by atoms with Crippen molar-refractivity contribution < 1.29 is 9.84 Å². The number of aromatic nitrogens is 2. The van der Waals surface area contributed by atoms with Crippen molar-refractivity contribution in [2.75, 3.05) is 6.61 Å². The van der Waals surface area contributed by atoms with E-state index in [2.05, 4.69) is 20.0 Å². The minimum Gasteiger partial charge on any atom is -0.474 e. The summed E-state index contributed by atoms with van der Waals surface area (Å²) in [6.07, 6.45) is 5.36. The highest BCUT2D eigenvalue weighted by atomic mass is 35.5. The number of hydrogen-bond donors (Lipinski definition) is 1. The number of pyridine rings is 2. The highest BCUT2D eigenvalue weighted by Gasteiger charge is 2.30. The lowest BCUT2D eigenvalue weighted by Crippen LogP contribution is -2.24. The molecule has 0 amide bonds. The van der Waals surface area contributed by atoms with E-state index in [1.807, 2.05) is 0 Å². The summed E-state index contributed by atoms with van der Waals surface area (Å²) < 4.78 is 5.78. The first-order valence-electron chi connectivity index (χ1n) is 6.86. The van der Waals surface area contributed by atoms with Crippen LogP contribution >= 0.6 is 11.6 Å². The van der Waals surface area contributed by atoms with Crippen LogP contribution in [-0.4, -0.2) is 27.8 Å². The highest BCUT2D eigenvalue weighted by molar-refractivity contribution is 6.30. The Morgan fingerprint density at radius 2 is 2.23 bits per heavy atom. The van der Waals surface area contributed by atoms with Gasteiger partial charge in [0.25, 0.3) is 0 Å². The summed E-state index contributed by atoms with van der Waals surface area (Å²) in [6, 6.07) is 1.66. The summed E-state index contributed by atoms with van der Waals surface area (Å²) in [5.74, 6) is 0.478. The molecule has 22 heavy (non-hydrogen) atoms. The van der Waals surface area contributed by atoms with Crippen molar-refractivity contribution in [1.29, 1.82) is 0 Å². The quantitative estimate of drug-likeness (QED) is 0.395. The maximum Gasteiger partial charge on any atom is 0.223 e. The fraction of sp³-hybridized carbons (Fsp3) is 0.429. The minimum absolute atomic E-state index is 0.193. The van der Waals surface area contributed by atoms with Crippen molar-refractivity contribution in [2.24, 2.45) is 5.11 Å². The molecule has 3 rings (SSSR count). The maximum absolute atomic E-state index is 9.65. The topological polar surface area (TPSA) is 104 Å². The summed E-state index contributed by atoms with van der Waals surface area (Å²) >= 11 is 5.99. The molecule has 1 atom stereocenters. The number of aliphatic hydroxyl groups is 1. The SMILES string of the molecule is CC(CO)(N=[N+]=[N-])c1cnc(OC2CC2)c2cnc(Cl)cc12. The van der Waals surface area contributed by atoms with Crippen LogP contribution in [0.1, 0.15) is 25.3 Å². The van der Waals surface area contributed by atoms with Crippen LogP contribution in [0.2, 0.25) is 5.15 Å². The number of nitrogens with zero attached hydrogens (tertiary/aromatic N) is 5. The standard InChI is InChI=1S/C14H14ClN5O2/c1-14(7-21,19-20-16)11-6-18-13(22-8-2-3-8)10-5-17-12(15)4-9(10)11/h4-6,8,21H,2-3,7H2,1H3. The van der Waals surface area contributed by atoms with Gasteiger partial charge in [-0.05, 0) is 42.3 Å². The monoisotopic (exact) mass is 319 g/mol. The van der Waals surface area contributed by atoms with Crippen molar-refractivity contribution in [1.82, 2.24) is 9.97 Å². The molecule has 114 valence electrons. The van der Waals surface area contributed by atoms with E-state index in [0.717, 1.165) is 12.8 Å². The number of aliphatic hydroxyl groups excluding tert-OH is 1. The molecule has 2 aromatic rings. The first kappa shape index (κ1) is 14.8. The lowest BCUT2D eigenvalue weighted by Gasteiger charge is -2.23. The average molecular weight is 320 g/mol. The molecular formula is C14H14ClN5O2. The lowest BCUT2D eigenvalue weighted by molar-refractivity contribution is 0.210. The molecule has 1 N–H and O–H groups in total. The molecule has 0 spiro atoms. The minimum atomic E-state index is -1.14. The van der Waals surface area contributed by atoms with Gasteiger partial charge in [0.05, 0.1) is 17.5 Å². The van der Waals surface area contributed by atoms with Gasteiger partial charge in [-0.1, -0.05) is 16.7 Å². The lowest BCUT2D eigenvalue weighted by atomic mass is 9.91. The van der Waals surface area contributed by atoms with Crippen LogP contribution < -0.4 is 4.74 Å². The molecule has 1 aliphatic carbocycles. The van der Waals surface area contributed by atoms with E-state index in [9.17, 15) is 5.11 Å². The molecule has 1 aliphatic rings. The summed E-state index contributed by atoms with van der Waals surface area (Å²) in [4.78, 5) is 11.2. The fourth-order valence-electron chi connectivity index (χ4n) is 2.22. The number of ether oxygens (including phenoxy) is 1. The van der Waals surface area contributed by atoms with Gasteiger partial charge in [-0.15, -0.1) is 0 Å². The van der Waals surface area contributed by atoms with Crippen molar-refractivity contribution in [2.45, 2.75) is 31.4 Å². The van der Waals surface area contributed by atoms with E-state index in [1.165, 1.54) is 0 Å². The smallest absolute Gasteiger partial charge is 0.223 e. The molecule has 0 bridgehead atoms. The molecule has 2 heterocycles. The third kappa shape index (κ3) is 2.66. The van der Waals surface area contributed by atoms with Gasteiger partial charge in [-0.3, -0.25) is 0 Å². The predicted octanol–water partition coefficient (Wildman–Crippen LogP) is 3.34. The Bertz CT molecular complexity index is 773. The number of hydrogen-bond acceptors (Lipinski definition) is 5. The maximum atomic E-state index is 9.65. The molecule has 1 unspecified atom stereocenters. The third-order valence-corrected chi connectivity index (χ3v) is 3.87. The van der Waals surface area contributed by atoms with Crippen LogP contribution in [0.5, 0.6) is 5.88 Å². The number of halogens is 1. The van der Waals surface area contributed by atoms with Crippen molar-refractivity contribution in [3.05, 3.63) is 39.6 Å². The first-order valence-corrected chi connectivity index (χ1v) is 7.23. The highest BCUT2D eigenvalue weighted by Crippen LogP contribution is 2.37. The van der Waals surface area contributed by atoms with Crippen LogP contribution in [0.3, 0.4) is 0 Å². The Labute approximate surface area is 131 Å². The Kier molecular flexibility index (Phi) is 3.78. The molecule has 2 aromatic heterocycles. The van der Waals surface area contributed by atoms with Crippen LogP contribution in [0.4, 0.5) is 0 Å². The van der Waals surface area contributed by atoms with Crippen molar-refractivity contribution >= 4 is 22.4 Å². The second kappa shape index (κ2) is 5.61. The van der Waals surface area contributed by atoms with Gasteiger partial charge in [0.2, 0.25) is 5.88 Å². The summed E-state index contributed by atoms with van der Waals surface area (Å²) in [5.41, 5.74) is 8.21. The second-order valence-electron chi connectivity index (χ2n) is 5.47. The molecule has 0 saturated heterocycles. The molecule has 0 aromatic carbocycles. The first-order chi connectivity index (χ1) is 10.6. The number of azide groups is 1. The zero-order chi connectivity index (χ0) is 15.7.